The van der Waals surface area contributed by atoms with Gasteiger partial charge in [-0.15, -0.1) is 0 Å². The van der Waals surface area contributed by atoms with Gasteiger partial charge < -0.3 is 10.4 Å². The molecule has 160 valence electrons. The van der Waals surface area contributed by atoms with Gasteiger partial charge in [0.25, 0.3) is 0 Å². The number of allylic oxidation sites excluding steroid dienone is 5. The van der Waals surface area contributed by atoms with Crippen LogP contribution >= 0.6 is 0 Å². The second kappa shape index (κ2) is 10.6. The number of nitrogens with one attached hydrogen (secondary N) is 1. The van der Waals surface area contributed by atoms with Crippen LogP contribution in [0.3, 0.4) is 0 Å². The van der Waals surface area contributed by atoms with E-state index in [0.29, 0.717) is 24.2 Å². The van der Waals surface area contributed by atoms with E-state index in [1.165, 1.54) is 5.57 Å². The highest BCUT2D eigenvalue weighted by Crippen LogP contribution is 2.41. The van der Waals surface area contributed by atoms with E-state index < -0.39 is 11.6 Å². The molecular formula is C25H37NO3. The van der Waals surface area contributed by atoms with Crippen LogP contribution < -0.4 is 5.32 Å². The minimum atomic E-state index is -0.544. The topological polar surface area (TPSA) is 66.4 Å². The summed E-state index contributed by atoms with van der Waals surface area (Å²) in [5, 5.41) is 14.5. The van der Waals surface area contributed by atoms with E-state index >= 15 is 0 Å². The molecule has 0 heterocycles. The maximum atomic E-state index is 13.1. The number of aliphatic hydroxyl groups is 1. The molecule has 29 heavy (non-hydrogen) atoms. The molecule has 2 rings (SSSR count). The molecule has 0 radical (unpaired) electrons. The molecule has 0 aromatic heterocycles. The van der Waals surface area contributed by atoms with Crippen molar-refractivity contribution < 1.29 is 14.7 Å². The van der Waals surface area contributed by atoms with Crippen LogP contribution in [0.5, 0.6) is 0 Å². The zero-order valence-corrected chi connectivity index (χ0v) is 18.6. The summed E-state index contributed by atoms with van der Waals surface area (Å²) < 4.78 is 0. The molecule has 4 heteroatoms. The Bertz CT molecular complexity index is 754. The van der Waals surface area contributed by atoms with Gasteiger partial charge in [0.05, 0.1) is 11.3 Å². The van der Waals surface area contributed by atoms with Gasteiger partial charge >= 0.3 is 0 Å². The molecule has 0 saturated carbocycles. The summed E-state index contributed by atoms with van der Waals surface area (Å²) in [6.07, 6.45) is 9.21. The second-order valence-electron chi connectivity index (χ2n) is 8.54. The fourth-order valence-electron chi connectivity index (χ4n) is 4.34. The van der Waals surface area contributed by atoms with E-state index in [0.717, 1.165) is 50.5 Å². The summed E-state index contributed by atoms with van der Waals surface area (Å²) >= 11 is 0. The average Bonchev–Trinajstić information content (AvgIpc) is 2.68. The molecule has 0 bridgehead atoms. The van der Waals surface area contributed by atoms with Gasteiger partial charge in [-0.2, -0.15) is 0 Å². The Balaban J connectivity index is 2.53. The molecule has 1 unspecified atom stereocenters. The van der Waals surface area contributed by atoms with E-state index in [1.807, 2.05) is 19.9 Å². The number of carbonyl (C=O) groups is 2. The van der Waals surface area contributed by atoms with Crippen LogP contribution in [-0.2, 0) is 9.59 Å². The van der Waals surface area contributed by atoms with Gasteiger partial charge in [-0.3, -0.25) is 9.59 Å². The first kappa shape index (κ1) is 23.2. The van der Waals surface area contributed by atoms with Gasteiger partial charge in [0, 0.05) is 18.0 Å². The van der Waals surface area contributed by atoms with Crippen molar-refractivity contribution in [2.45, 2.75) is 79.1 Å². The summed E-state index contributed by atoms with van der Waals surface area (Å²) in [7, 11) is 0. The third-order valence-electron chi connectivity index (χ3n) is 6.09. The van der Waals surface area contributed by atoms with Crippen LogP contribution in [0.4, 0.5) is 0 Å². The summed E-state index contributed by atoms with van der Waals surface area (Å²) in [6, 6.07) is 0. The predicted molar refractivity (Wildman–Crippen MR) is 119 cm³/mol. The lowest BCUT2D eigenvalue weighted by atomic mass is 9.70. The summed E-state index contributed by atoms with van der Waals surface area (Å²) in [6.45, 7) is 13.0. The third-order valence-corrected chi connectivity index (χ3v) is 6.09. The van der Waals surface area contributed by atoms with Crippen molar-refractivity contribution in [2.24, 2.45) is 11.8 Å². The van der Waals surface area contributed by atoms with Crippen LogP contribution in [0.15, 0.2) is 46.4 Å². The van der Waals surface area contributed by atoms with Crippen molar-refractivity contribution in [1.82, 2.24) is 5.32 Å². The molecule has 0 spiro atoms. The molecule has 2 aliphatic rings. The molecule has 2 N–H and O–H groups in total. The molecular weight excluding hydrogens is 362 g/mol. The molecule has 2 aliphatic carbocycles. The van der Waals surface area contributed by atoms with Crippen molar-refractivity contribution in [1.29, 1.82) is 0 Å². The fraction of sp³-hybridized carbons (Fsp3) is 0.600. The van der Waals surface area contributed by atoms with Gasteiger partial charge in [0.1, 0.15) is 5.76 Å². The maximum absolute atomic E-state index is 13.1. The van der Waals surface area contributed by atoms with Crippen LogP contribution in [0.25, 0.3) is 0 Å². The van der Waals surface area contributed by atoms with Crippen molar-refractivity contribution in [2.75, 3.05) is 6.54 Å². The molecule has 4 nitrogen and oxygen atoms in total. The van der Waals surface area contributed by atoms with E-state index in [2.05, 4.69) is 25.7 Å². The lowest BCUT2D eigenvalue weighted by Gasteiger charge is -2.34. The molecule has 0 fully saturated rings. The monoisotopic (exact) mass is 399 g/mol. The minimum Gasteiger partial charge on any atom is -0.505 e. The number of unbranched alkanes of at least 4 members (excludes halogenated alkanes) is 3. The first-order chi connectivity index (χ1) is 13.8. The number of rotatable bonds is 10. The van der Waals surface area contributed by atoms with Crippen molar-refractivity contribution in [3.63, 3.8) is 0 Å². The van der Waals surface area contributed by atoms with E-state index in [-0.39, 0.29) is 23.2 Å². The zero-order valence-electron chi connectivity index (χ0n) is 18.6. The van der Waals surface area contributed by atoms with Gasteiger partial charge in [-0.25, -0.2) is 0 Å². The Kier molecular flexibility index (Phi) is 8.48. The Morgan fingerprint density at radius 3 is 2.48 bits per heavy atom. The minimum absolute atomic E-state index is 0.0283. The Morgan fingerprint density at radius 1 is 1.17 bits per heavy atom. The third kappa shape index (κ3) is 5.29. The first-order valence-electron chi connectivity index (χ1n) is 11.2. The van der Waals surface area contributed by atoms with Crippen molar-refractivity contribution in [3.8, 4) is 0 Å². The highest BCUT2D eigenvalue weighted by atomic mass is 16.3. The van der Waals surface area contributed by atoms with Crippen molar-refractivity contribution >= 4 is 11.6 Å². The highest BCUT2D eigenvalue weighted by Gasteiger charge is 2.41. The number of hydrogen-bond donors (Lipinski definition) is 2. The van der Waals surface area contributed by atoms with E-state index in [9.17, 15) is 14.7 Å². The zero-order chi connectivity index (χ0) is 21.6. The Morgan fingerprint density at radius 2 is 1.86 bits per heavy atom. The standard InChI is InChI=1S/C25H37NO3/c1-6-8-10-11-19-22(26-14-9-7-2)24(28)21(25(29)23(19)27)20-15-17(5)12-13-18(20)16(3)4/h15,18,20,26,28H,3,6-14H2,1-2,4-5H3/t18?,20-/m1/s1. The normalized spacial score (nSPS) is 22.8. The lowest BCUT2D eigenvalue weighted by Crippen LogP contribution is -2.36. The van der Waals surface area contributed by atoms with Gasteiger partial charge in [0.2, 0.25) is 11.6 Å². The van der Waals surface area contributed by atoms with Crippen LogP contribution in [0, 0.1) is 11.8 Å². The molecule has 2 atom stereocenters. The molecule has 0 aromatic rings. The lowest BCUT2D eigenvalue weighted by molar-refractivity contribution is -0.133. The Labute approximate surface area is 175 Å². The fourth-order valence-corrected chi connectivity index (χ4v) is 4.34. The summed E-state index contributed by atoms with van der Waals surface area (Å²) in [5.41, 5.74) is 3.35. The van der Waals surface area contributed by atoms with Crippen LogP contribution in [0.2, 0.25) is 0 Å². The summed E-state index contributed by atoms with van der Waals surface area (Å²) in [5.74, 6) is -1.26. The SMILES string of the molecule is C=C(C)C1CCC(C)=C[C@H]1C1=C(O)C(NCCCC)=C(CCCCC)C(=O)C1=O. The van der Waals surface area contributed by atoms with Gasteiger partial charge in [-0.05, 0) is 51.9 Å². The van der Waals surface area contributed by atoms with Gasteiger partial charge in [0.15, 0.2) is 0 Å². The number of aliphatic hydroxyl groups excluding tert-OH is 1. The highest BCUT2D eigenvalue weighted by molar-refractivity contribution is 6.50. The predicted octanol–water partition coefficient (Wildman–Crippen LogP) is 5.72. The van der Waals surface area contributed by atoms with Crippen LogP contribution in [0.1, 0.15) is 79.1 Å². The summed E-state index contributed by atoms with van der Waals surface area (Å²) in [4.78, 5) is 26.2. The quantitative estimate of drug-likeness (QED) is 0.213. The van der Waals surface area contributed by atoms with E-state index in [1.54, 1.807) is 0 Å². The Hall–Kier alpha value is -2.10. The maximum Gasteiger partial charge on any atom is 0.233 e. The molecule has 0 saturated heterocycles. The number of hydrogen-bond acceptors (Lipinski definition) is 4. The first-order valence-corrected chi connectivity index (χ1v) is 11.2. The number of ketones is 2. The number of carbonyl (C=O) groups excluding carboxylic acids is 2. The molecule has 0 aromatic carbocycles. The average molecular weight is 400 g/mol. The van der Waals surface area contributed by atoms with Gasteiger partial charge in [-0.1, -0.05) is 56.9 Å². The molecule has 0 amide bonds. The van der Waals surface area contributed by atoms with Crippen LogP contribution in [-0.4, -0.2) is 23.2 Å². The van der Waals surface area contributed by atoms with Crippen molar-refractivity contribution in [3.05, 3.63) is 46.4 Å². The largest absolute Gasteiger partial charge is 0.505 e. The number of Topliss-reactive ketones (excluding diaryl/α,β-unsaturated/α-hetero) is 2. The smallest absolute Gasteiger partial charge is 0.233 e. The van der Waals surface area contributed by atoms with E-state index in [4.69, 9.17) is 0 Å². The second-order valence-corrected chi connectivity index (χ2v) is 8.54. The molecule has 0 aliphatic heterocycles.